The van der Waals surface area contributed by atoms with Crippen LogP contribution in [0.1, 0.15) is 12.8 Å². The number of amides is 3. The van der Waals surface area contributed by atoms with Crippen molar-refractivity contribution in [3.63, 3.8) is 0 Å². The van der Waals surface area contributed by atoms with Crippen molar-refractivity contribution in [3.05, 3.63) is 24.3 Å². The lowest BCUT2D eigenvalue weighted by Gasteiger charge is -2.21. The first-order valence-corrected chi connectivity index (χ1v) is 7.97. The minimum Gasteiger partial charge on any atom is -0.351 e. The molecule has 2 rings (SSSR count). The Morgan fingerprint density at radius 1 is 1.14 bits per heavy atom. The topological polar surface area (TPSA) is 96.2 Å². The molecule has 114 valence electrons. The second-order valence-corrected chi connectivity index (χ2v) is 6.16. The quantitative estimate of drug-likeness (QED) is 0.664. The second kappa shape index (κ2) is 7.90. The number of benzene rings is 1. The normalized spacial score (nSPS) is 15.4. The van der Waals surface area contributed by atoms with E-state index in [0.717, 1.165) is 25.9 Å². The lowest BCUT2D eigenvalue weighted by atomic mass is 10.2. The highest BCUT2D eigenvalue weighted by Gasteiger charge is 2.14. The predicted octanol–water partition coefficient (Wildman–Crippen LogP) is 1.60. The van der Waals surface area contributed by atoms with Crippen molar-refractivity contribution in [2.45, 2.75) is 18.1 Å². The molecule has 3 amide bonds. The van der Waals surface area contributed by atoms with Gasteiger partial charge in [-0.25, -0.2) is 4.79 Å². The molecule has 0 spiro atoms. The molecule has 0 aromatic heterocycles. The van der Waals surface area contributed by atoms with Crippen molar-refractivity contribution in [2.24, 2.45) is 5.73 Å². The van der Waals surface area contributed by atoms with Crippen LogP contribution in [0, 0.1) is 0 Å². The molecule has 1 aliphatic rings. The Hall–Kier alpha value is -1.73. The van der Waals surface area contributed by atoms with Gasteiger partial charge in [-0.15, -0.1) is 11.8 Å². The van der Waals surface area contributed by atoms with E-state index in [1.165, 1.54) is 0 Å². The molecule has 0 radical (unpaired) electrons. The molecule has 1 saturated heterocycles. The Bertz CT molecular complexity index is 486. The third-order valence-corrected chi connectivity index (χ3v) is 4.54. The summed E-state index contributed by atoms with van der Waals surface area (Å²) in [5.41, 5.74) is 6.34. The fraction of sp³-hybridized carbons (Fsp3) is 0.429. The fourth-order valence-electron chi connectivity index (χ4n) is 2.13. The number of carbonyl (C=O) groups excluding carboxylic acids is 2. The van der Waals surface area contributed by atoms with E-state index in [4.69, 9.17) is 5.73 Å². The Morgan fingerprint density at radius 3 is 2.29 bits per heavy atom. The minimum absolute atomic E-state index is 0.00542. The second-order valence-electron chi connectivity index (χ2n) is 4.88. The molecular formula is C14H20N4O2S. The molecular weight excluding hydrogens is 288 g/mol. The van der Waals surface area contributed by atoms with Crippen LogP contribution in [0.5, 0.6) is 0 Å². The molecule has 0 atom stereocenters. The maximum absolute atomic E-state index is 11.9. The van der Waals surface area contributed by atoms with Crippen LogP contribution in [0.15, 0.2) is 24.3 Å². The summed E-state index contributed by atoms with van der Waals surface area (Å²) in [5.74, 6) is 0.459. The lowest BCUT2D eigenvalue weighted by Crippen LogP contribution is -2.30. The zero-order chi connectivity index (χ0) is 15.1. The molecule has 1 heterocycles. The van der Waals surface area contributed by atoms with Crippen LogP contribution < -0.4 is 21.7 Å². The van der Waals surface area contributed by atoms with Crippen LogP contribution in [0.4, 0.5) is 16.2 Å². The summed E-state index contributed by atoms with van der Waals surface area (Å²) in [6, 6.07) is 6.25. The molecule has 5 N–H and O–H groups in total. The Balaban J connectivity index is 1.75. The summed E-state index contributed by atoms with van der Waals surface area (Å²) in [6.45, 7) is 2.07. The Labute approximate surface area is 128 Å². The number of nitrogens with one attached hydrogen (secondary N) is 3. The van der Waals surface area contributed by atoms with E-state index in [2.05, 4.69) is 16.0 Å². The number of nitrogens with two attached hydrogens (primary N) is 1. The number of piperidine rings is 1. The van der Waals surface area contributed by atoms with E-state index < -0.39 is 6.03 Å². The molecule has 6 nitrogen and oxygen atoms in total. The number of primary amides is 1. The van der Waals surface area contributed by atoms with E-state index in [-0.39, 0.29) is 5.91 Å². The molecule has 0 aliphatic carbocycles. The van der Waals surface area contributed by atoms with E-state index in [1.807, 2.05) is 0 Å². The monoisotopic (exact) mass is 308 g/mol. The first kappa shape index (κ1) is 15.7. The number of urea groups is 1. The molecule has 21 heavy (non-hydrogen) atoms. The van der Waals surface area contributed by atoms with Crippen LogP contribution >= 0.6 is 11.8 Å². The zero-order valence-corrected chi connectivity index (χ0v) is 12.5. The standard InChI is InChI=1S/C14H20N4O2S/c15-14(20)18-11-3-1-10(2-4-11)17-13(19)9-21-12-5-7-16-8-6-12/h1-4,12,16H,5-9H2,(H,17,19)(H3,15,18,20). The molecule has 0 bridgehead atoms. The smallest absolute Gasteiger partial charge is 0.316 e. The summed E-state index contributed by atoms with van der Waals surface area (Å²) in [5, 5.41) is 9.19. The molecule has 1 fully saturated rings. The highest BCUT2D eigenvalue weighted by atomic mass is 32.2. The predicted molar refractivity (Wildman–Crippen MR) is 86.6 cm³/mol. The van der Waals surface area contributed by atoms with Gasteiger partial charge in [0.2, 0.25) is 5.91 Å². The SMILES string of the molecule is NC(=O)Nc1ccc(NC(=O)CSC2CCNCC2)cc1. The number of anilines is 2. The lowest BCUT2D eigenvalue weighted by molar-refractivity contribution is -0.113. The van der Waals surface area contributed by atoms with Gasteiger partial charge in [-0.2, -0.15) is 0 Å². The van der Waals surface area contributed by atoms with Gasteiger partial charge in [0.25, 0.3) is 0 Å². The largest absolute Gasteiger partial charge is 0.351 e. The minimum atomic E-state index is -0.606. The maximum atomic E-state index is 11.9. The van der Waals surface area contributed by atoms with Gasteiger partial charge in [0.05, 0.1) is 5.75 Å². The maximum Gasteiger partial charge on any atom is 0.316 e. The molecule has 1 aromatic rings. The average Bonchev–Trinajstić information content (AvgIpc) is 2.48. The molecule has 1 aliphatic heterocycles. The van der Waals surface area contributed by atoms with Gasteiger partial charge in [0.15, 0.2) is 0 Å². The van der Waals surface area contributed by atoms with Crippen molar-refractivity contribution in [3.8, 4) is 0 Å². The first-order valence-electron chi connectivity index (χ1n) is 6.92. The Morgan fingerprint density at radius 2 is 1.71 bits per heavy atom. The number of carbonyl (C=O) groups is 2. The third-order valence-electron chi connectivity index (χ3n) is 3.17. The molecule has 0 unspecified atom stereocenters. The summed E-state index contributed by atoms with van der Waals surface area (Å²) < 4.78 is 0. The first-order chi connectivity index (χ1) is 10.1. The summed E-state index contributed by atoms with van der Waals surface area (Å²) >= 11 is 1.71. The van der Waals surface area contributed by atoms with Crippen molar-refractivity contribution in [1.82, 2.24) is 5.32 Å². The highest BCUT2D eigenvalue weighted by Crippen LogP contribution is 2.20. The average molecular weight is 308 g/mol. The Kier molecular flexibility index (Phi) is 5.89. The van der Waals surface area contributed by atoms with Crippen molar-refractivity contribution in [1.29, 1.82) is 0 Å². The number of hydrogen-bond acceptors (Lipinski definition) is 4. The third kappa shape index (κ3) is 5.65. The van der Waals surface area contributed by atoms with Gasteiger partial charge in [0.1, 0.15) is 0 Å². The molecule has 0 saturated carbocycles. The number of thioether (sulfide) groups is 1. The van der Waals surface area contributed by atoms with Crippen LogP contribution in [0.3, 0.4) is 0 Å². The molecule has 7 heteroatoms. The van der Waals surface area contributed by atoms with Crippen LogP contribution in [0.25, 0.3) is 0 Å². The number of hydrogen-bond donors (Lipinski definition) is 4. The van der Waals surface area contributed by atoms with Gasteiger partial charge >= 0.3 is 6.03 Å². The van der Waals surface area contributed by atoms with Gasteiger partial charge < -0.3 is 21.7 Å². The van der Waals surface area contributed by atoms with E-state index in [0.29, 0.717) is 22.4 Å². The van der Waals surface area contributed by atoms with Crippen LogP contribution in [-0.4, -0.2) is 36.0 Å². The summed E-state index contributed by atoms with van der Waals surface area (Å²) in [4.78, 5) is 22.6. The number of rotatable bonds is 5. The van der Waals surface area contributed by atoms with Gasteiger partial charge in [-0.05, 0) is 50.2 Å². The van der Waals surface area contributed by atoms with Gasteiger partial charge in [0, 0.05) is 16.6 Å². The summed E-state index contributed by atoms with van der Waals surface area (Å²) in [7, 11) is 0. The van der Waals surface area contributed by atoms with Crippen LogP contribution in [-0.2, 0) is 4.79 Å². The van der Waals surface area contributed by atoms with E-state index >= 15 is 0 Å². The van der Waals surface area contributed by atoms with Crippen molar-refractivity contribution < 1.29 is 9.59 Å². The highest BCUT2D eigenvalue weighted by molar-refractivity contribution is 8.00. The van der Waals surface area contributed by atoms with Gasteiger partial charge in [-0.3, -0.25) is 4.79 Å². The van der Waals surface area contributed by atoms with Crippen molar-refractivity contribution in [2.75, 3.05) is 29.5 Å². The van der Waals surface area contributed by atoms with Crippen molar-refractivity contribution >= 4 is 35.1 Å². The van der Waals surface area contributed by atoms with E-state index in [1.54, 1.807) is 36.0 Å². The fourth-order valence-corrected chi connectivity index (χ4v) is 3.16. The zero-order valence-electron chi connectivity index (χ0n) is 11.7. The molecule has 1 aromatic carbocycles. The van der Waals surface area contributed by atoms with Gasteiger partial charge in [-0.1, -0.05) is 0 Å². The van der Waals surface area contributed by atoms with Crippen LogP contribution in [0.2, 0.25) is 0 Å². The summed E-state index contributed by atoms with van der Waals surface area (Å²) in [6.07, 6.45) is 2.23. The van der Waals surface area contributed by atoms with E-state index in [9.17, 15) is 9.59 Å².